The third kappa shape index (κ3) is 16.5. The minimum absolute atomic E-state index is 0.185. The van der Waals surface area contributed by atoms with Gasteiger partial charge in [-0.15, -0.1) is 0 Å². The number of ether oxygens (including phenoxy) is 3. The zero-order valence-corrected chi connectivity index (χ0v) is 72.9. The number of aliphatic hydroxyl groups excluding tert-OH is 3. The number of Topliss-reactive ketones (excluding diaryl/α,β-unsaturated/α-hetero) is 1. The van der Waals surface area contributed by atoms with Gasteiger partial charge in [0.15, 0.2) is 11.6 Å². The molecule has 1 amide bonds. The lowest BCUT2D eigenvalue weighted by Gasteiger charge is -2.39. The molecule has 9 aromatic carbocycles. The van der Waals surface area contributed by atoms with Crippen molar-refractivity contribution in [2.45, 2.75) is 226 Å². The Labute approximate surface area is 701 Å². The molecule has 634 valence electrons. The molecule has 4 fully saturated rings. The Morgan fingerprint density at radius 1 is 0.496 bits per heavy atom. The number of phenols is 1. The number of likely N-dealkylation sites (N-methyl/N-ethyl adjacent to an activating group) is 1. The Kier molecular flexibility index (Phi) is 25.4. The van der Waals surface area contributed by atoms with E-state index >= 15 is 0 Å². The van der Waals surface area contributed by atoms with Crippen LogP contribution in [0, 0.1) is 5.92 Å². The summed E-state index contributed by atoms with van der Waals surface area (Å²) in [5, 5.41) is 49.2. The Morgan fingerprint density at radius 2 is 0.882 bits per heavy atom. The smallest absolute Gasteiger partial charge is 0.507 e. The van der Waals surface area contributed by atoms with E-state index in [2.05, 4.69) is 188 Å². The number of ketones is 2. The van der Waals surface area contributed by atoms with E-state index in [1.807, 2.05) is 95.9 Å². The lowest BCUT2D eigenvalue weighted by atomic mass is 9.81. The third-order valence-electron chi connectivity index (χ3n) is 26.4. The number of aromatic hydroxyl groups is 1. The number of hydrogen-bond donors (Lipinski definition) is 6. The normalized spacial score (nSPS) is 23.9. The van der Waals surface area contributed by atoms with E-state index in [0.29, 0.717) is 84.2 Å². The zero-order chi connectivity index (χ0) is 85.1. The quantitative estimate of drug-likeness (QED) is 0.0522. The molecule has 7 heterocycles. The van der Waals surface area contributed by atoms with Crippen molar-refractivity contribution in [1.82, 2.24) is 14.7 Å². The molecule has 18 rings (SSSR count). The number of allylic oxidation sites excluding steroid dienone is 2. The van der Waals surface area contributed by atoms with E-state index in [4.69, 9.17) is 18.7 Å². The van der Waals surface area contributed by atoms with Crippen molar-refractivity contribution in [2.75, 3.05) is 85.6 Å². The van der Waals surface area contributed by atoms with Crippen molar-refractivity contribution < 1.29 is 67.9 Å². The maximum atomic E-state index is 12.8. The number of benzene rings is 9. The van der Waals surface area contributed by atoms with E-state index in [0.717, 1.165) is 127 Å². The van der Waals surface area contributed by atoms with Crippen LogP contribution in [0.15, 0.2) is 157 Å². The van der Waals surface area contributed by atoms with E-state index in [9.17, 15) is 49.2 Å². The SMILES string of the molecule is CC(C)N1CC2CC23C1=CC(=O)c1ccccc13.CCC1CN(C(C)C)c2cc(O)c3ccccc3c21.CCC1CN(C(C)C)c2cc(OC(=O)N3CCN(C)CC3)c3ccccc3c21.CCC1CN(C(C)C)c2cc(OP(=O)(O)O)c3ccccc3c21.CCC1CN(C(C)C)c2cc(O[C@@H]3O[C@H](C(C)=O)[C@@H](O)[C@H](O)[C@H]3O)c3ccccc3c21. The van der Waals surface area contributed by atoms with Crippen LogP contribution in [-0.4, -0.2) is 189 Å². The van der Waals surface area contributed by atoms with Gasteiger partial charge in [0.1, 0.15) is 47.4 Å². The Hall–Kier alpha value is -9.28. The number of hydrogen-bond acceptors (Lipinski definition) is 18. The first kappa shape index (κ1) is 86.1. The number of carbonyl (C=O) groups is 3. The highest BCUT2D eigenvalue weighted by molar-refractivity contribution is 7.46. The number of amides is 1. The molecule has 0 bridgehead atoms. The first-order chi connectivity index (χ1) is 56.8. The summed E-state index contributed by atoms with van der Waals surface area (Å²) in [6.07, 6.45) is 0.0873. The fraction of sp³-hybridized carbons (Fsp3) is 0.474. The van der Waals surface area contributed by atoms with E-state index in [-0.39, 0.29) is 23.0 Å². The molecule has 22 heteroatoms. The van der Waals surface area contributed by atoms with Crippen molar-refractivity contribution in [1.29, 1.82) is 0 Å². The molecule has 1 saturated carbocycles. The molecular formula is C97H122N7O14P. The molecule has 6 N–H and O–H groups in total. The zero-order valence-electron chi connectivity index (χ0n) is 72.0. The number of nitrogens with zero attached hydrogens (tertiary/aromatic N) is 7. The van der Waals surface area contributed by atoms with Gasteiger partial charge in [0, 0.05) is 204 Å². The molecule has 119 heavy (non-hydrogen) atoms. The van der Waals surface area contributed by atoms with Gasteiger partial charge in [0.2, 0.25) is 6.29 Å². The van der Waals surface area contributed by atoms with Crippen LogP contribution in [0.25, 0.3) is 43.1 Å². The van der Waals surface area contributed by atoms with Gasteiger partial charge in [-0.2, -0.15) is 0 Å². The highest BCUT2D eigenvalue weighted by Gasteiger charge is 2.66. The number of phosphoric ester groups is 1. The summed E-state index contributed by atoms with van der Waals surface area (Å²) in [6.45, 7) is 40.3. The second kappa shape index (κ2) is 35.0. The number of fused-ring (bicyclic) bond motifs is 13. The van der Waals surface area contributed by atoms with Crippen LogP contribution in [0.2, 0.25) is 0 Å². The standard InChI is InChI=1S/C24H31NO6.C23H31N3O2.C17H22NO4P.C17H21NO.C16H17NO/c1-5-14-11-25(12(2)3)17-10-18(15-8-6-7-9-16(15)19(14)17)30-24-22(29)20(27)21(28)23(31-24)13(4)26;1-5-17-15-26(16(2)3)20-14-21(18-8-6-7-9-19(18)22(17)20)28-23(27)25-12-10-24(4)11-13-25;1-4-12-10-18(11(2)3)15-9-16(22-23(19,20)21)13-7-5-6-8-14(13)17(12)15;1-4-12-10-18(11(2)3)15-9-16(19)13-7-5-6-8-14(13)17(12)15;1-10(2)17-9-11-8-16(11)13-6-4-3-5-12(13)14(18)7-15(16)17/h6-10,12,14,20-24,27-29H,5,11H2,1-4H3;6-9,14,16-17H,5,10-13,15H2,1-4H3;5-9,11-12H,4,10H2,1-3H3,(H2,19,20,21);5-9,11-12,19H,4,10H2,1-3H3;3-7,10-11H,8-9H2,1-2H3/t14?,20-,21-,22+,23+,24+;;;;/m0..../s1. The predicted molar refractivity (Wildman–Crippen MR) is 476 cm³/mol. The molecule has 6 unspecified atom stereocenters. The maximum Gasteiger partial charge on any atom is 0.524 e. The van der Waals surface area contributed by atoms with Crippen molar-refractivity contribution in [2.24, 2.45) is 5.92 Å². The van der Waals surface area contributed by atoms with Crippen LogP contribution in [0.1, 0.15) is 198 Å². The molecule has 9 aromatic rings. The summed E-state index contributed by atoms with van der Waals surface area (Å²) in [4.78, 5) is 71.4. The number of phenolic OH excluding ortho intramolecular Hbond substituents is 1. The van der Waals surface area contributed by atoms with Crippen molar-refractivity contribution >= 4 is 91.3 Å². The van der Waals surface area contributed by atoms with Gasteiger partial charge in [-0.3, -0.25) is 19.4 Å². The van der Waals surface area contributed by atoms with Crippen LogP contribution in [0.5, 0.6) is 23.0 Å². The number of aliphatic hydroxyl groups is 3. The second-order valence-corrected chi connectivity index (χ2v) is 36.4. The highest BCUT2D eigenvalue weighted by atomic mass is 31.2. The molecule has 3 saturated heterocycles. The molecule has 2 aliphatic carbocycles. The summed E-state index contributed by atoms with van der Waals surface area (Å²) in [6, 6.07) is 50.1. The Bertz CT molecular complexity index is 5350. The molecule has 0 aromatic heterocycles. The van der Waals surface area contributed by atoms with Gasteiger partial charge in [0.25, 0.3) is 0 Å². The lowest BCUT2D eigenvalue weighted by Crippen LogP contribution is -2.60. The molecular weight excluding hydrogens is 1520 g/mol. The second-order valence-electron chi connectivity index (χ2n) is 35.3. The molecule has 0 radical (unpaired) electrons. The molecule has 21 nitrogen and oxygen atoms in total. The maximum absolute atomic E-state index is 12.8. The minimum Gasteiger partial charge on any atom is -0.507 e. The molecule has 7 aliphatic heterocycles. The number of rotatable bonds is 15. The van der Waals surface area contributed by atoms with Gasteiger partial charge in [-0.05, 0) is 171 Å². The number of piperidine rings is 1. The monoisotopic (exact) mass is 1640 g/mol. The van der Waals surface area contributed by atoms with Gasteiger partial charge in [0.05, 0.1) is 0 Å². The number of likely N-dealkylation sites (tertiary alicyclic amines) is 1. The number of piperazine rings is 1. The van der Waals surface area contributed by atoms with Gasteiger partial charge < -0.3 is 73.5 Å². The van der Waals surface area contributed by atoms with E-state index in [1.54, 1.807) is 6.07 Å². The Balaban J connectivity index is 0.000000124. The summed E-state index contributed by atoms with van der Waals surface area (Å²) < 4.78 is 33.9. The average molecular weight is 1640 g/mol. The largest absolute Gasteiger partial charge is 0.524 e. The number of phosphoric acid groups is 1. The molecule has 9 aliphatic rings. The topological polar surface area (TPSA) is 249 Å². The summed E-state index contributed by atoms with van der Waals surface area (Å²) in [5.74, 6) is 4.22. The molecule has 1 spiro atoms. The van der Waals surface area contributed by atoms with Crippen LogP contribution in [0.4, 0.5) is 27.5 Å². The lowest BCUT2D eigenvalue weighted by molar-refractivity contribution is -0.265. The number of anilines is 4. The first-order valence-electron chi connectivity index (χ1n) is 43.2. The van der Waals surface area contributed by atoms with Gasteiger partial charge in [-0.1, -0.05) is 149 Å². The molecule has 11 atom stereocenters. The minimum atomic E-state index is -4.60. The summed E-state index contributed by atoms with van der Waals surface area (Å²) in [5.41, 5.74) is 13.6. The van der Waals surface area contributed by atoms with Crippen LogP contribution in [-0.2, 0) is 19.5 Å². The highest BCUT2D eigenvalue weighted by Crippen LogP contribution is 2.67. The Morgan fingerprint density at radius 3 is 1.32 bits per heavy atom. The van der Waals surface area contributed by atoms with Gasteiger partial charge >= 0.3 is 13.9 Å². The van der Waals surface area contributed by atoms with Crippen LogP contribution >= 0.6 is 7.82 Å². The predicted octanol–water partition coefficient (Wildman–Crippen LogP) is 17.7. The number of carbonyl (C=O) groups excluding carboxylic acids is 3. The van der Waals surface area contributed by atoms with Crippen molar-refractivity contribution in [3.63, 3.8) is 0 Å². The van der Waals surface area contributed by atoms with Crippen molar-refractivity contribution in [3.05, 3.63) is 191 Å². The third-order valence-corrected chi connectivity index (χ3v) is 26.8. The van der Waals surface area contributed by atoms with E-state index in [1.165, 1.54) is 69.0 Å². The summed E-state index contributed by atoms with van der Waals surface area (Å²) in [7, 11) is -2.52. The van der Waals surface area contributed by atoms with Crippen molar-refractivity contribution in [3.8, 4) is 23.0 Å². The average Bonchev–Trinajstić information content (AvgIpc) is 1.50. The van der Waals surface area contributed by atoms with Crippen LogP contribution < -0.4 is 33.6 Å². The fourth-order valence-corrected chi connectivity index (χ4v) is 20.3. The first-order valence-corrected chi connectivity index (χ1v) is 44.7. The fourth-order valence-electron chi connectivity index (χ4n) is 19.9. The summed E-state index contributed by atoms with van der Waals surface area (Å²) >= 11 is 0. The van der Waals surface area contributed by atoms with Crippen LogP contribution in [0.3, 0.4) is 0 Å². The van der Waals surface area contributed by atoms with Gasteiger partial charge in [-0.25, -0.2) is 9.36 Å². The van der Waals surface area contributed by atoms with E-state index < -0.39 is 44.3 Å².